The van der Waals surface area contributed by atoms with E-state index in [1.54, 1.807) is 0 Å². The monoisotopic (exact) mass is 670 g/mol. The molecule has 0 aliphatic heterocycles. The average Bonchev–Trinajstić information content (AvgIpc) is 3.00. The van der Waals surface area contributed by atoms with Crippen molar-refractivity contribution < 1.29 is 61.3 Å². The second kappa shape index (κ2) is 31.6. The summed E-state index contributed by atoms with van der Waals surface area (Å²) in [5.41, 5.74) is 0. The summed E-state index contributed by atoms with van der Waals surface area (Å²) in [5.74, 6) is -0.458. The molecule has 14 heteroatoms. The minimum absolute atomic E-state index is 0.199. The molecule has 0 aromatic carbocycles. The van der Waals surface area contributed by atoms with Gasteiger partial charge in [-0.3, -0.25) is 0 Å². The number of ether oxygens (including phenoxy) is 11. The van der Waals surface area contributed by atoms with Gasteiger partial charge in [0.15, 0.2) is 8.32 Å². The molecule has 0 amide bonds. The van der Waals surface area contributed by atoms with E-state index in [1.165, 1.54) is 0 Å². The molecule has 0 aromatic heterocycles. The first-order valence-electron chi connectivity index (χ1n) is 15.9. The van der Waals surface area contributed by atoms with Gasteiger partial charge in [0, 0.05) is 6.08 Å². The van der Waals surface area contributed by atoms with Crippen LogP contribution in [0.1, 0.15) is 20.8 Å². The minimum Gasteiger partial charge on any atom is -0.460 e. The van der Waals surface area contributed by atoms with E-state index in [1.807, 2.05) is 0 Å². The molecule has 0 radical (unpaired) electrons. The first-order valence-corrected chi connectivity index (χ1v) is 18.8. The highest BCUT2D eigenvalue weighted by molar-refractivity contribution is 6.74. The fourth-order valence-corrected chi connectivity index (χ4v) is 3.94. The standard InChI is InChI=1S/C31H62O13Si/c1-7-30(32)43-28-26-41-24-22-39-20-18-37-16-14-35-12-10-33-8-9-34-11-13-36-15-17-38-19-21-40-23-25-42-27-29-44-45(5,6)31(2,3)4/h7H,1,8-29H2,2-6H3. The van der Waals surface area contributed by atoms with Crippen molar-refractivity contribution in [1.82, 2.24) is 0 Å². The number of carbonyl (C=O) groups excluding carboxylic acids is 1. The third-order valence-electron chi connectivity index (χ3n) is 6.48. The van der Waals surface area contributed by atoms with E-state index in [9.17, 15) is 4.79 Å². The molecule has 45 heavy (non-hydrogen) atoms. The van der Waals surface area contributed by atoms with Crippen LogP contribution in [0.5, 0.6) is 0 Å². The summed E-state index contributed by atoms with van der Waals surface area (Å²) in [6.07, 6.45) is 1.12. The Kier molecular flexibility index (Phi) is 30.9. The van der Waals surface area contributed by atoms with Gasteiger partial charge in [0.25, 0.3) is 0 Å². The van der Waals surface area contributed by atoms with Gasteiger partial charge in [-0.1, -0.05) is 27.4 Å². The fourth-order valence-electron chi connectivity index (χ4n) is 2.91. The minimum atomic E-state index is -1.70. The first kappa shape index (κ1) is 44.0. The van der Waals surface area contributed by atoms with Gasteiger partial charge in [0.1, 0.15) is 6.61 Å². The van der Waals surface area contributed by atoms with Crippen LogP contribution in [0.3, 0.4) is 0 Å². The molecule has 0 aliphatic rings. The second-order valence-electron chi connectivity index (χ2n) is 11.1. The Hall–Kier alpha value is -1.01. The molecule has 0 rings (SSSR count). The van der Waals surface area contributed by atoms with Gasteiger partial charge in [-0.25, -0.2) is 4.79 Å². The zero-order valence-electron chi connectivity index (χ0n) is 28.6. The second-order valence-corrected chi connectivity index (χ2v) is 15.9. The molecule has 0 saturated heterocycles. The van der Waals surface area contributed by atoms with Crippen molar-refractivity contribution in [1.29, 1.82) is 0 Å². The zero-order chi connectivity index (χ0) is 33.3. The molecule has 13 nitrogen and oxygen atoms in total. The molecule has 268 valence electrons. The molecular formula is C31H62O13Si. The lowest BCUT2D eigenvalue weighted by atomic mass is 10.2. The molecule has 0 aromatic rings. The van der Waals surface area contributed by atoms with Crippen molar-refractivity contribution in [2.75, 3.05) is 145 Å². The Morgan fingerprint density at radius 3 is 0.911 bits per heavy atom. The lowest BCUT2D eigenvalue weighted by Gasteiger charge is -2.36. The quantitative estimate of drug-likeness (QED) is 0.0425. The maximum absolute atomic E-state index is 10.8. The van der Waals surface area contributed by atoms with Crippen LogP contribution in [0, 0.1) is 0 Å². The van der Waals surface area contributed by atoms with E-state index in [-0.39, 0.29) is 11.6 Å². The summed E-state index contributed by atoms with van der Waals surface area (Å²) in [7, 11) is -1.70. The van der Waals surface area contributed by atoms with Crippen molar-refractivity contribution in [2.24, 2.45) is 0 Å². The van der Waals surface area contributed by atoms with E-state index < -0.39 is 14.3 Å². The van der Waals surface area contributed by atoms with Crippen LogP contribution < -0.4 is 0 Å². The molecular weight excluding hydrogens is 608 g/mol. The van der Waals surface area contributed by atoms with Gasteiger partial charge >= 0.3 is 5.97 Å². The van der Waals surface area contributed by atoms with Gasteiger partial charge < -0.3 is 56.5 Å². The zero-order valence-corrected chi connectivity index (χ0v) is 29.6. The summed E-state index contributed by atoms with van der Waals surface area (Å²) in [5, 5.41) is 0.214. The van der Waals surface area contributed by atoms with Crippen molar-refractivity contribution >= 4 is 14.3 Å². The van der Waals surface area contributed by atoms with Crippen LogP contribution in [0.2, 0.25) is 18.1 Å². The first-order chi connectivity index (χ1) is 21.7. The van der Waals surface area contributed by atoms with Gasteiger partial charge in [0.05, 0.1) is 139 Å². The van der Waals surface area contributed by atoms with E-state index in [2.05, 4.69) is 40.4 Å². The maximum atomic E-state index is 10.8. The third kappa shape index (κ3) is 31.4. The molecule has 0 spiro atoms. The van der Waals surface area contributed by atoms with Gasteiger partial charge in [-0.05, 0) is 18.1 Å². The highest BCUT2D eigenvalue weighted by Gasteiger charge is 2.36. The van der Waals surface area contributed by atoms with Crippen LogP contribution in [0.25, 0.3) is 0 Å². The van der Waals surface area contributed by atoms with Crippen LogP contribution in [-0.4, -0.2) is 160 Å². The van der Waals surface area contributed by atoms with Crippen LogP contribution in [0.15, 0.2) is 12.7 Å². The maximum Gasteiger partial charge on any atom is 0.330 e. The number of carbonyl (C=O) groups is 1. The highest BCUT2D eigenvalue weighted by Crippen LogP contribution is 2.36. The summed E-state index contributed by atoms with van der Waals surface area (Å²) >= 11 is 0. The predicted octanol–water partition coefficient (Wildman–Crippen LogP) is 2.90. The molecule has 0 heterocycles. The van der Waals surface area contributed by atoms with Crippen LogP contribution >= 0.6 is 0 Å². The number of hydrogen-bond donors (Lipinski definition) is 0. The Morgan fingerprint density at radius 1 is 0.467 bits per heavy atom. The summed E-state index contributed by atoms with van der Waals surface area (Å²) in [4.78, 5) is 10.8. The van der Waals surface area contributed by atoms with Gasteiger partial charge in [-0.2, -0.15) is 0 Å². The van der Waals surface area contributed by atoms with E-state index in [4.69, 9.17) is 56.5 Å². The SMILES string of the molecule is C=CC(=O)OCCOCCOCCOCCOCCOCCOCCOCCOCCOCCOCCO[Si](C)(C)C(C)(C)C. The molecule has 0 bridgehead atoms. The Bertz CT molecular complexity index is 662. The van der Waals surface area contributed by atoms with Crippen LogP contribution in [0.4, 0.5) is 0 Å². The third-order valence-corrected chi connectivity index (χ3v) is 11.0. The Balaban J connectivity index is 3.13. The molecule has 0 aliphatic carbocycles. The number of rotatable bonds is 35. The van der Waals surface area contributed by atoms with Gasteiger partial charge in [-0.15, -0.1) is 0 Å². The van der Waals surface area contributed by atoms with Gasteiger partial charge in [0.2, 0.25) is 0 Å². The van der Waals surface area contributed by atoms with Crippen LogP contribution in [-0.2, 0) is 61.3 Å². The molecule has 0 saturated carbocycles. The van der Waals surface area contributed by atoms with Crippen molar-refractivity contribution in [3.05, 3.63) is 12.7 Å². The van der Waals surface area contributed by atoms with E-state index >= 15 is 0 Å². The smallest absolute Gasteiger partial charge is 0.330 e. The summed E-state index contributed by atoms with van der Waals surface area (Å²) < 4.78 is 65.4. The van der Waals surface area contributed by atoms with Crippen molar-refractivity contribution in [3.63, 3.8) is 0 Å². The summed E-state index contributed by atoms with van der Waals surface area (Å²) in [6, 6.07) is 0. The Labute approximate surface area is 272 Å². The highest BCUT2D eigenvalue weighted by atomic mass is 28.4. The summed E-state index contributed by atoms with van der Waals surface area (Å²) in [6.45, 7) is 25.2. The number of hydrogen-bond acceptors (Lipinski definition) is 13. The molecule has 0 N–H and O–H groups in total. The molecule has 0 atom stereocenters. The topological polar surface area (TPSA) is 128 Å². The number of esters is 1. The fraction of sp³-hybridized carbons (Fsp3) is 0.903. The lowest BCUT2D eigenvalue weighted by Crippen LogP contribution is -2.41. The normalized spacial score (nSPS) is 12.1. The predicted molar refractivity (Wildman–Crippen MR) is 172 cm³/mol. The largest absolute Gasteiger partial charge is 0.460 e. The lowest BCUT2D eigenvalue weighted by molar-refractivity contribution is -0.139. The molecule has 0 fully saturated rings. The van der Waals surface area contributed by atoms with Crippen molar-refractivity contribution in [2.45, 2.75) is 38.9 Å². The Morgan fingerprint density at radius 2 is 0.689 bits per heavy atom. The van der Waals surface area contributed by atoms with E-state index in [0.717, 1.165) is 6.08 Å². The molecule has 0 unspecified atom stereocenters. The van der Waals surface area contributed by atoms with E-state index in [0.29, 0.717) is 139 Å². The average molecular weight is 671 g/mol. The van der Waals surface area contributed by atoms with Crippen molar-refractivity contribution in [3.8, 4) is 0 Å².